The van der Waals surface area contributed by atoms with Crippen LogP contribution in [0.4, 0.5) is 0 Å². The predicted octanol–water partition coefficient (Wildman–Crippen LogP) is 4.24. The zero-order valence-electron chi connectivity index (χ0n) is 12.2. The molecule has 0 saturated carbocycles. The van der Waals surface area contributed by atoms with Crippen molar-refractivity contribution < 1.29 is 14.3 Å². The van der Waals surface area contributed by atoms with E-state index in [1.807, 2.05) is 0 Å². The van der Waals surface area contributed by atoms with Crippen molar-refractivity contribution in [3.05, 3.63) is 0 Å². The van der Waals surface area contributed by atoms with Crippen LogP contribution in [-0.4, -0.2) is 11.9 Å². The number of ether oxygens (including phenoxy) is 1. The van der Waals surface area contributed by atoms with Gasteiger partial charge in [-0.3, -0.25) is 9.59 Å². The van der Waals surface area contributed by atoms with Crippen LogP contribution in [-0.2, 0) is 14.3 Å². The Kier molecular flexibility index (Phi) is 10.7. The van der Waals surface area contributed by atoms with Gasteiger partial charge in [-0.2, -0.15) is 0 Å². The van der Waals surface area contributed by atoms with E-state index in [0.717, 1.165) is 44.4 Å². The fourth-order valence-electron chi connectivity index (χ4n) is 1.75. The van der Waals surface area contributed by atoms with Crippen LogP contribution in [0.3, 0.4) is 0 Å². The third-order valence-electron chi connectivity index (χ3n) is 2.87. The number of esters is 2. The second-order valence-electron chi connectivity index (χ2n) is 5.30. The summed E-state index contributed by atoms with van der Waals surface area (Å²) in [6.07, 6.45) is 7.85. The predicted molar refractivity (Wildman–Crippen MR) is 73.2 cm³/mol. The summed E-state index contributed by atoms with van der Waals surface area (Å²) < 4.78 is 4.75. The molecular formula is C15H28O3. The molecule has 0 rings (SSSR count). The van der Waals surface area contributed by atoms with Gasteiger partial charge in [-0.25, -0.2) is 0 Å². The Labute approximate surface area is 111 Å². The summed E-state index contributed by atoms with van der Waals surface area (Å²) in [7, 11) is 0. The molecule has 18 heavy (non-hydrogen) atoms. The largest absolute Gasteiger partial charge is 0.393 e. The molecule has 0 aromatic carbocycles. The van der Waals surface area contributed by atoms with Crippen LogP contribution in [0.2, 0.25) is 0 Å². The molecule has 0 N–H and O–H groups in total. The minimum atomic E-state index is -0.365. The average Bonchev–Trinajstić information content (AvgIpc) is 2.28. The first-order chi connectivity index (χ1) is 8.56. The number of hydrogen-bond donors (Lipinski definition) is 0. The highest BCUT2D eigenvalue weighted by Crippen LogP contribution is 2.10. The molecule has 0 unspecified atom stereocenters. The summed E-state index contributed by atoms with van der Waals surface area (Å²) in [5.74, 6) is -0.00577. The van der Waals surface area contributed by atoms with E-state index in [1.165, 1.54) is 6.42 Å². The summed E-state index contributed by atoms with van der Waals surface area (Å²) in [4.78, 5) is 22.6. The molecule has 3 heteroatoms. The molecule has 0 spiro atoms. The van der Waals surface area contributed by atoms with Gasteiger partial charge in [0, 0.05) is 12.8 Å². The van der Waals surface area contributed by atoms with Gasteiger partial charge in [0.2, 0.25) is 0 Å². The molecule has 106 valence electrons. The number of carbonyl (C=O) groups is 2. The van der Waals surface area contributed by atoms with E-state index < -0.39 is 0 Å². The first-order valence-electron chi connectivity index (χ1n) is 7.29. The number of carbonyl (C=O) groups excluding carboxylic acids is 2. The lowest BCUT2D eigenvalue weighted by Crippen LogP contribution is -2.11. The zero-order valence-corrected chi connectivity index (χ0v) is 12.2. The van der Waals surface area contributed by atoms with Crippen LogP contribution < -0.4 is 0 Å². The van der Waals surface area contributed by atoms with Gasteiger partial charge in [-0.05, 0) is 18.8 Å². The molecule has 0 bridgehead atoms. The fraction of sp³-hybridized carbons (Fsp3) is 0.867. The molecule has 0 radical (unpaired) electrons. The van der Waals surface area contributed by atoms with E-state index in [0.29, 0.717) is 12.8 Å². The molecule has 0 aliphatic carbocycles. The van der Waals surface area contributed by atoms with Crippen LogP contribution in [0.5, 0.6) is 0 Å². The third-order valence-corrected chi connectivity index (χ3v) is 2.87. The second kappa shape index (κ2) is 11.2. The van der Waals surface area contributed by atoms with Crippen LogP contribution >= 0.6 is 0 Å². The van der Waals surface area contributed by atoms with E-state index >= 15 is 0 Å². The van der Waals surface area contributed by atoms with Crippen LogP contribution in [0.15, 0.2) is 0 Å². The maximum absolute atomic E-state index is 11.3. The van der Waals surface area contributed by atoms with Crippen molar-refractivity contribution in [2.24, 2.45) is 5.92 Å². The summed E-state index contributed by atoms with van der Waals surface area (Å²) in [6, 6.07) is 0. The van der Waals surface area contributed by atoms with Crippen molar-refractivity contribution in [1.29, 1.82) is 0 Å². The Bertz CT molecular complexity index is 234. The highest BCUT2D eigenvalue weighted by Gasteiger charge is 2.09. The average molecular weight is 256 g/mol. The van der Waals surface area contributed by atoms with Gasteiger partial charge in [-0.1, -0.05) is 52.9 Å². The van der Waals surface area contributed by atoms with Crippen LogP contribution in [0, 0.1) is 5.92 Å². The number of rotatable bonds is 10. The second-order valence-corrected chi connectivity index (χ2v) is 5.30. The molecule has 0 fully saturated rings. The highest BCUT2D eigenvalue weighted by molar-refractivity contribution is 5.85. The van der Waals surface area contributed by atoms with E-state index in [2.05, 4.69) is 20.8 Å². The van der Waals surface area contributed by atoms with Gasteiger partial charge >= 0.3 is 11.9 Å². The lowest BCUT2D eigenvalue weighted by molar-refractivity contribution is -0.159. The van der Waals surface area contributed by atoms with Gasteiger partial charge in [0.15, 0.2) is 0 Å². The highest BCUT2D eigenvalue weighted by atomic mass is 16.6. The van der Waals surface area contributed by atoms with Crippen molar-refractivity contribution in [2.45, 2.75) is 78.6 Å². The summed E-state index contributed by atoms with van der Waals surface area (Å²) in [5, 5.41) is 0. The molecular weight excluding hydrogens is 228 g/mol. The smallest absolute Gasteiger partial charge is 0.313 e. The molecule has 0 saturated heterocycles. The molecule has 0 aliphatic heterocycles. The molecule has 0 heterocycles. The van der Waals surface area contributed by atoms with E-state index in [1.54, 1.807) is 0 Å². The Morgan fingerprint density at radius 2 is 1.44 bits per heavy atom. The molecule has 0 aromatic heterocycles. The first-order valence-corrected chi connectivity index (χ1v) is 7.29. The normalized spacial score (nSPS) is 10.7. The first kappa shape index (κ1) is 17.1. The van der Waals surface area contributed by atoms with Gasteiger partial charge in [0.05, 0.1) is 0 Å². The Hall–Kier alpha value is -0.860. The number of hydrogen-bond acceptors (Lipinski definition) is 3. The van der Waals surface area contributed by atoms with Gasteiger partial charge < -0.3 is 4.74 Å². The quantitative estimate of drug-likeness (QED) is 0.333. The Balaban J connectivity index is 3.44. The number of unbranched alkanes of at least 4 members (excludes halogenated alkanes) is 4. The molecule has 0 aromatic rings. The van der Waals surface area contributed by atoms with Gasteiger partial charge in [-0.15, -0.1) is 0 Å². The maximum Gasteiger partial charge on any atom is 0.313 e. The van der Waals surface area contributed by atoms with Gasteiger partial charge in [0.25, 0.3) is 0 Å². The van der Waals surface area contributed by atoms with Crippen molar-refractivity contribution in [2.75, 3.05) is 0 Å². The Morgan fingerprint density at radius 3 is 1.94 bits per heavy atom. The molecule has 0 aliphatic rings. The maximum atomic E-state index is 11.3. The molecule has 0 amide bonds. The van der Waals surface area contributed by atoms with Gasteiger partial charge in [0.1, 0.15) is 0 Å². The van der Waals surface area contributed by atoms with Crippen LogP contribution in [0.25, 0.3) is 0 Å². The third kappa shape index (κ3) is 11.6. The van der Waals surface area contributed by atoms with Crippen LogP contribution in [0.1, 0.15) is 78.6 Å². The van der Waals surface area contributed by atoms with Crippen molar-refractivity contribution in [1.82, 2.24) is 0 Å². The lowest BCUT2D eigenvalue weighted by atomic mass is 10.0. The topological polar surface area (TPSA) is 43.4 Å². The standard InChI is InChI=1S/C15H28O3/c1-4-5-7-11-14(16)18-15(17)12-9-6-8-10-13(2)3/h13H,4-12H2,1-3H3. The summed E-state index contributed by atoms with van der Waals surface area (Å²) in [6.45, 7) is 6.47. The fourth-order valence-corrected chi connectivity index (χ4v) is 1.75. The van der Waals surface area contributed by atoms with E-state index in [9.17, 15) is 9.59 Å². The van der Waals surface area contributed by atoms with Crippen molar-refractivity contribution >= 4 is 11.9 Å². The SMILES string of the molecule is CCCCCC(=O)OC(=O)CCCCCC(C)C. The Morgan fingerprint density at radius 1 is 0.889 bits per heavy atom. The zero-order chi connectivity index (χ0) is 13.8. The lowest BCUT2D eigenvalue weighted by Gasteiger charge is -2.04. The van der Waals surface area contributed by atoms with Crippen molar-refractivity contribution in [3.63, 3.8) is 0 Å². The van der Waals surface area contributed by atoms with Crippen molar-refractivity contribution in [3.8, 4) is 0 Å². The summed E-state index contributed by atoms with van der Waals surface area (Å²) in [5.41, 5.74) is 0. The molecule has 0 atom stereocenters. The monoisotopic (exact) mass is 256 g/mol. The minimum Gasteiger partial charge on any atom is -0.393 e. The van der Waals surface area contributed by atoms with E-state index in [-0.39, 0.29) is 11.9 Å². The minimum absolute atomic E-state index is 0.360. The summed E-state index contributed by atoms with van der Waals surface area (Å²) >= 11 is 0. The molecule has 3 nitrogen and oxygen atoms in total. The van der Waals surface area contributed by atoms with E-state index in [4.69, 9.17) is 4.74 Å².